The molecule has 0 radical (unpaired) electrons. The molecule has 0 aliphatic heterocycles. The van der Waals surface area contributed by atoms with E-state index < -0.39 is 6.10 Å². The molecule has 60 valence electrons. The first kappa shape index (κ1) is 13.7. The van der Waals surface area contributed by atoms with Crippen LogP contribution in [0.3, 0.4) is 0 Å². The van der Waals surface area contributed by atoms with Crippen molar-refractivity contribution in [2.45, 2.75) is 26.1 Å². The van der Waals surface area contributed by atoms with Crippen molar-refractivity contribution in [1.82, 2.24) is 0 Å². The van der Waals surface area contributed by atoms with E-state index in [1.807, 2.05) is 0 Å². The fourth-order valence-corrected chi connectivity index (χ4v) is 0.356. The number of rotatable bonds is 4. The van der Waals surface area contributed by atoms with Gasteiger partial charge in [0.25, 0.3) is 0 Å². The maximum Gasteiger partial charge on any atom is 2.00 e. The van der Waals surface area contributed by atoms with Gasteiger partial charge in [0.15, 0.2) is 0 Å². The molecule has 0 aromatic heterocycles. The molecule has 4 heteroatoms. The first-order valence-electron chi connectivity index (χ1n) is 3.07. The van der Waals surface area contributed by atoms with Gasteiger partial charge in [0.2, 0.25) is 0 Å². The van der Waals surface area contributed by atoms with Crippen molar-refractivity contribution in [3.8, 4) is 0 Å². The van der Waals surface area contributed by atoms with Gasteiger partial charge in [-0.1, -0.05) is 0 Å². The van der Waals surface area contributed by atoms with Gasteiger partial charge in [-0.3, -0.25) is 0 Å². The van der Waals surface area contributed by atoms with Crippen LogP contribution in [0.5, 0.6) is 0 Å². The van der Waals surface area contributed by atoms with E-state index in [2.05, 4.69) is 0 Å². The Bertz CT molecular complexity index is 75.8. The van der Waals surface area contributed by atoms with Gasteiger partial charge < -0.3 is 17.8 Å². The summed E-state index contributed by atoms with van der Waals surface area (Å²) in [4.78, 5) is 0. The molecule has 0 aliphatic carbocycles. The first-order chi connectivity index (χ1) is 4.16. The minimum Gasteiger partial charge on any atom is -1.00 e. The molecular weight excluding hydrogens is 160 g/mol. The molecule has 0 saturated heterocycles. The Balaban J connectivity index is -0.000000107. The van der Waals surface area contributed by atoms with Crippen molar-refractivity contribution in [2.75, 3.05) is 13.2 Å². The van der Waals surface area contributed by atoms with E-state index in [0.29, 0.717) is 6.61 Å². The predicted octanol–water partition coefficient (Wildman–Crippen LogP) is -0.391. The van der Waals surface area contributed by atoms with Crippen LogP contribution in [0.15, 0.2) is 0 Å². The Kier molecular flexibility index (Phi) is 11.3. The molecular formula is C6H16CaO3. The minimum absolute atomic E-state index is 0. The molecule has 2 N–H and O–H groups in total. The van der Waals surface area contributed by atoms with Crippen molar-refractivity contribution < 1.29 is 17.8 Å². The largest absolute Gasteiger partial charge is 2.00 e. The van der Waals surface area contributed by atoms with Crippen LogP contribution in [0.1, 0.15) is 16.7 Å². The van der Waals surface area contributed by atoms with E-state index in [-0.39, 0.29) is 53.3 Å². The van der Waals surface area contributed by atoms with Crippen molar-refractivity contribution >= 4 is 37.7 Å². The molecule has 0 amide bonds. The van der Waals surface area contributed by atoms with E-state index in [1.165, 1.54) is 0 Å². The fourth-order valence-electron chi connectivity index (χ4n) is 0.356. The molecule has 2 unspecified atom stereocenters. The number of aliphatic hydroxyl groups is 2. The summed E-state index contributed by atoms with van der Waals surface area (Å²) in [7, 11) is 0. The average molecular weight is 176 g/mol. The molecule has 10 heavy (non-hydrogen) atoms. The third-order valence-electron chi connectivity index (χ3n) is 0.879. The van der Waals surface area contributed by atoms with E-state index >= 15 is 0 Å². The molecule has 0 heterocycles. The topological polar surface area (TPSA) is 49.7 Å². The summed E-state index contributed by atoms with van der Waals surface area (Å²) in [6.45, 7) is 3.70. The third kappa shape index (κ3) is 9.14. The second kappa shape index (κ2) is 8.24. The quantitative estimate of drug-likeness (QED) is 0.574. The normalized spacial score (nSPS) is 15.6. The van der Waals surface area contributed by atoms with Crippen LogP contribution in [-0.4, -0.2) is 73.4 Å². The number of ether oxygens (including phenoxy) is 1. The second-order valence-corrected chi connectivity index (χ2v) is 2.18. The average Bonchev–Trinajstić information content (AvgIpc) is 1.83. The summed E-state index contributed by atoms with van der Waals surface area (Å²) in [5.41, 5.74) is 0. The van der Waals surface area contributed by atoms with E-state index in [0.717, 1.165) is 0 Å². The van der Waals surface area contributed by atoms with E-state index in [1.54, 1.807) is 13.8 Å². The van der Waals surface area contributed by atoms with Gasteiger partial charge >= 0.3 is 37.7 Å². The first-order valence-corrected chi connectivity index (χ1v) is 3.07. The van der Waals surface area contributed by atoms with Crippen LogP contribution in [0.25, 0.3) is 0 Å². The maximum absolute atomic E-state index is 8.69. The Morgan fingerprint density at radius 3 is 2.30 bits per heavy atom. The van der Waals surface area contributed by atoms with Crippen molar-refractivity contribution in [3.05, 3.63) is 0 Å². The van der Waals surface area contributed by atoms with Crippen LogP contribution in [0.2, 0.25) is 0 Å². The Morgan fingerprint density at radius 1 is 1.50 bits per heavy atom. The zero-order valence-corrected chi connectivity index (χ0v) is 8.79. The van der Waals surface area contributed by atoms with Crippen LogP contribution in [-0.2, 0) is 4.74 Å². The van der Waals surface area contributed by atoms with Gasteiger partial charge in [-0.2, -0.15) is 0 Å². The smallest absolute Gasteiger partial charge is 1.00 e. The molecule has 0 saturated carbocycles. The summed E-state index contributed by atoms with van der Waals surface area (Å²) < 4.78 is 4.95. The van der Waals surface area contributed by atoms with Crippen molar-refractivity contribution in [2.24, 2.45) is 0 Å². The molecule has 0 spiro atoms. The zero-order chi connectivity index (χ0) is 7.28. The van der Waals surface area contributed by atoms with Crippen molar-refractivity contribution in [3.63, 3.8) is 0 Å². The second-order valence-electron chi connectivity index (χ2n) is 2.18. The van der Waals surface area contributed by atoms with Gasteiger partial charge in [-0.15, -0.1) is 0 Å². The van der Waals surface area contributed by atoms with Gasteiger partial charge in [0.1, 0.15) is 0 Å². The van der Waals surface area contributed by atoms with E-state index in [4.69, 9.17) is 14.9 Å². The Labute approximate surface area is 94.4 Å². The number of hydrogen-bond acceptors (Lipinski definition) is 3. The molecule has 3 nitrogen and oxygen atoms in total. The van der Waals surface area contributed by atoms with Gasteiger partial charge in [-0.25, -0.2) is 0 Å². The summed E-state index contributed by atoms with van der Waals surface area (Å²) in [5.74, 6) is 0. The van der Waals surface area contributed by atoms with Crippen molar-refractivity contribution in [1.29, 1.82) is 0 Å². The standard InChI is InChI=1S/C6H14O3.Ca.2H/c1-5(8)4-9-6(2)3-7;;;/h5-8H,3-4H2,1-2H3;;;/q;+2;2*-1. The Morgan fingerprint density at radius 2 is 2.00 bits per heavy atom. The number of hydrogen-bond donors (Lipinski definition) is 2. The molecule has 0 aliphatic rings. The SMILES string of the molecule is CC(O)COC(C)CO.[Ca+2].[H-].[H-]. The zero-order valence-electron chi connectivity index (χ0n) is 8.58. The van der Waals surface area contributed by atoms with Crippen LogP contribution < -0.4 is 0 Å². The molecule has 0 rings (SSSR count). The number of aliphatic hydroxyl groups excluding tert-OH is 2. The molecule has 0 fully saturated rings. The van der Waals surface area contributed by atoms with Gasteiger partial charge in [0, 0.05) is 0 Å². The third-order valence-corrected chi connectivity index (χ3v) is 0.879. The van der Waals surface area contributed by atoms with E-state index in [9.17, 15) is 0 Å². The van der Waals surface area contributed by atoms with Crippen LogP contribution in [0, 0.1) is 0 Å². The molecule has 0 aromatic rings. The Hall–Kier alpha value is 1.14. The van der Waals surface area contributed by atoms with Crippen LogP contribution in [0.4, 0.5) is 0 Å². The summed E-state index contributed by atoms with van der Waals surface area (Å²) in [6, 6.07) is 0. The summed E-state index contributed by atoms with van der Waals surface area (Å²) in [6.07, 6.45) is -0.612. The monoisotopic (exact) mass is 176 g/mol. The van der Waals surface area contributed by atoms with Gasteiger partial charge in [0.05, 0.1) is 25.4 Å². The maximum atomic E-state index is 8.69. The van der Waals surface area contributed by atoms with Crippen LogP contribution >= 0.6 is 0 Å². The summed E-state index contributed by atoms with van der Waals surface area (Å²) in [5, 5.41) is 17.1. The fraction of sp³-hybridized carbons (Fsp3) is 1.00. The molecule has 2 atom stereocenters. The summed E-state index contributed by atoms with van der Waals surface area (Å²) >= 11 is 0. The molecule has 0 bridgehead atoms. The molecule has 0 aromatic carbocycles. The minimum atomic E-state index is -0.445. The predicted molar refractivity (Wildman–Crippen MR) is 42.2 cm³/mol. The van der Waals surface area contributed by atoms with Gasteiger partial charge in [-0.05, 0) is 13.8 Å².